The number of hydrogen-bond donors (Lipinski definition) is 0. The third kappa shape index (κ3) is 5.92. The van der Waals surface area contributed by atoms with E-state index in [9.17, 15) is 0 Å². The summed E-state index contributed by atoms with van der Waals surface area (Å²) in [5, 5.41) is 0. The Hall–Kier alpha value is -0.768. The van der Waals surface area contributed by atoms with Crippen LogP contribution in [0.1, 0.15) is 27.7 Å². The Kier molecular flexibility index (Phi) is 7.97. The smallest absolute Gasteiger partial charge is 0.225 e. The van der Waals surface area contributed by atoms with Gasteiger partial charge in [-0.2, -0.15) is 0 Å². The van der Waals surface area contributed by atoms with Gasteiger partial charge in [0.25, 0.3) is 0 Å². The Balaban J connectivity index is 0.000000284. The molecule has 2 atom stereocenters. The summed E-state index contributed by atoms with van der Waals surface area (Å²) in [4.78, 5) is 0. The van der Waals surface area contributed by atoms with E-state index in [4.69, 9.17) is 0 Å². The fraction of sp³-hybridized carbons (Fsp3) is 0.375. The molecule has 0 nitrogen and oxygen atoms in total. The molecule has 0 aromatic carbocycles. The quantitative estimate of drug-likeness (QED) is 0.558. The summed E-state index contributed by atoms with van der Waals surface area (Å²) in [6.07, 6.45) is 17.1. The van der Waals surface area contributed by atoms with Crippen molar-refractivity contribution in [3.63, 3.8) is 0 Å². The minimum Gasteiger partial charge on any atom is -0.225 e. The van der Waals surface area contributed by atoms with Crippen LogP contribution in [0, 0.1) is 23.7 Å². The van der Waals surface area contributed by atoms with E-state index in [-0.39, 0.29) is 17.4 Å². The maximum atomic E-state index is 2.20. The summed E-state index contributed by atoms with van der Waals surface area (Å²) in [5.41, 5.74) is 0. The first-order chi connectivity index (χ1) is 7.61. The number of rotatable bonds is 0. The monoisotopic (exact) mass is 266 g/mol. The van der Waals surface area contributed by atoms with Crippen molar-refractivity contribution in [2.75, 3.05) is 0 Å². The molecule has 0 saturated carbocycles. The van der Waals surface area contributed by atoms with Gasteiger partial charge >= 0.3 is 17.4 Å². The molecule has 0 N–H and O–H groups in total. The molecule has 2 rings (SSSR count). The fourth-order valence-corrected chi connectivity index (χ4v) is 1.48. The van der Waals surface area contributed by atoms with Crippen molar-refractivity contribution in [1.82, 2.24) is 0 Å². The maximum absolute atomic E-state index is 2.20. The van der Waals surface area contributed by atoms with Crippen molar-refractivity contribution >= 4 is 0 Å². The van der Waals surface area contributed by atoms with Crippen molar-refractivity contribution in [3.05, 3.63) is 60.4 Å². The van der Waals surface area contributed by atoms with Gasteiger partial charge in [0.1, 0.15) is 0 Å². The molecule has 2 aliphatic carbocycles. The molecule has 0 radical (unpaired) electrons. The predicted octanol–water partition coefficient (Wildman–Crippen LogP) is 4.68. The van der Waals surface area contributed by atoms with Crippen LogP contribution in [-0.4, -0.2) is 0 Å². The van der Waals surface area contributed by atoms with Crippen LogP contribution in [0.4, 0.5) is 0 Å². The molecule has 2 aliphatic rings. The van der Waals surface area contributed by atoms with Gasteiger partial charge in [-0.15, -0.1) is 38.2 Å². The summed E-state index contributed by atoms with van der Waals surface area (Å²) < 4.78 is 0. The van der Waals surface area contributed by atoms with Gasteiger partial charge in [-0.05, 0) is 0 Å². The van der Waals surface area contributed by atoms with Crippen molar-refractivity contribution in [1.29, 1.82) is 0 Å². The van der Waals surface area contributed by atoms with E-state index < -0.39 is 0 Å². The van der Waals surface area contributed by atoms with Gasteiger partial charge in [-0.3, -0.25) is 0 Å². The maximum Gasteiger partial charge on any atom is 2.00 e. The molecule has 0 aromatic rings. The summed E-state index contributed by atoms with van der Waals surface area (Å²) in [6.45, 7) is 8.72. The molecule has 0 saturated heterocycles. The van der Waals surface area contributed by atoms with E-state index in [1.54, 1.807) is 0 Å². The first-order valence-electron chi connectivity index (χ1n) is 5.98. The van der Waals surface area contributed by atoms with Crippen LogP contribution >= 0.6 is 0 Å². The molecule has 0 amide bonds. The van der Waals surface area contributed by atoms with Crippen LogP contribution in [0.2, 0.25) is 0 Å². The average molecular weight is 266 g/mol. The second-order valence-corrected chi connectivity index (χ2v) is 4.55. The molecule has 0 aromatic heterocycles. The SMILES string of the molecule is C[C-]1C=CC=CC1C.C[C-]1C=CC=CC1C.[Cr+2]. The Morgan fingerprint density at radius 1 is 0.706 bits per heavy atom. The minimum absolute atomic E-state index is 0. The van der Waals surface area contributed by atoms with Crippen LogP contribution in [0.15, 0.2) is 48.6 Å². The van der Waals surface area contributed by atoms with Gasteiger partial charge in [0.15, 0.2) is 0 Å². The van der Waals surface area contributed by atoms with E-state index in [0.29, 0.717) is 11.8 Å². The molecular weight excluding hydrogens is 244 g/mol. The van der Waals surface area contributed by atoms with Gasteiger partial charge in [0.2, 0.25) is 0 Å². The molecule has 0 bridgehead atoms. The zero-order valence-corrected chi connectivity index (χ0v) is 12.5. The van der Waals surface area contributed by atoms with Crippen molar-refractivity contribution < 1.29 is 17.4 Å². The molecule has 2 unspecified atom stereocenters. The second-order valence-electron chi connectivity index (χ2n) is 4.55. The number of allylic oxidation sites excluding steroid dienone is 8. The van der Waals surface area contributed by atoms with Crippen LogP contribution in [-0.2, 0) is 17.4 Å². The largest absolute Gasteiger partial charge is 2.00 e. The van der Waals surface area contributed by atoms with E-state index >= 15 is 0 Å². The molecule has 0 spiro atoms. The predicted molar refractivity (Wildman–Crippen MR) is 72.7 cm³/mol. The summed E-state index contributed by atoms with van der Waals surface area (Å²) in [7, 11) is 0. The molecule has 0 aliphatic heterocycles. The molecule has 92 valence electrons. The van der Waals surface area contributed by atoms with Crippen LogP contribution < -0.4 is 0 Å². The van der Waals surface area contributed by atoms with Gasteiger partial charge in [-0.1, -0.05) is 25.7 Å². The standard InChI is InChI=1S/2C8H11.Cr/c2*1-7-5-3-4-6-8(7)2;/h2*3-7H,1-2H3;/q2*-1;+2. The Morgan fingerprint density at radius 3 is 1.24 bits per heavy atom. The van der Waals surface area contributed by atoms with Crippen LogP contribution in [0.5, 0.6) is 0 Å². The van der Waals surface area contributed by atoms with E-state index in [1.165, 1.54) is 11.8 Å². The Bertz CT molecular complexity index is 245. The average Bonchev–Trinajstić information content (AvgIpc) is 2.28. The first kappa shape index (κ1) is 16.2. The molecule has 17 heavy (non-hydrogen) atoms. The van der Waals surface area contributed by atoms with Gasteiger partial charge in [-0.25, -0.2) is 36.1 Å². The van der Waals surface area contributed by atoms with Crippen molar-refractivity contribution in [2.45, 2.75) is 27.7 Å². The molecule has 0 fully saturated rings. The molecular formula is C16H22Cr. The summed E-state index contributed by atoms with van der Waals surface area (Å²) in [5.74, 6) is 4.21. The topological polar surface area (TPSA) is 0 Å². The fourth-order valence-electron chi connectivity index (χ4n) is 1.48. The van der Waals surface area contributed by atoms with Gasteiger partial charge < -0.3 is 0 Å². The third-order valence-corrected chi connectivity index (χ3v) is 3.18. The third-order valence-electron chi connectivity index (χ3n) is 3.18. The van der Waals surface area contributed by atoms with Gasteiger partial charge in [0, 0.05) is 0 Å². The van der Waals surface area contributed by atoms with E-state index in [1.807, 2.05) is 0 Å². The van der Waals surface area contributed by atoms with Crippen LogP contribution in [0.25, 0.3) is 0 Å². The van der Waals surface area contributed by atoms with E-state index in [2.05, 4.69) is 76.3 Å². The summed E-state index contributed by atoms with van der Waals surface area (Å²) >= 11 is 0. The zero-order chi connectivity index (χ0) is 12.0. The molecule has 0 heterocycles. The number of hydrogen-bond acceptors (Lipinski definition) is 0. The Labute approximate surface area is 117 Å². The van der Waals surface area contributed by atoms with Crippen LogP contribution in [0.3, 0.4) is 0 Å². The first-order valence-corrected chi connectivity index (χ1v) is 5.98. The van der Waals surface area contributed by atoms with Crippen molar-refractivity contribution in [2.24, 2.45) is 11.8 Å². The molecule has 1 heteroatoms. The summed E-state index contributed by atoms with van der Waals surface area (Å²) in [6, 6.07) is 0. The Morgan fingerprint density at radius 2 is 1.06 bits per heavy atom. The minimum atomic E-state index is 0. The zero-order valence-electron chi connectivity index (χ0n) is 11.2. The van der Waals surface area contributed by atoms with E-state index in [0.717, 1.165) is 0 Å². The normalized spacial score (nSPS) is 25.2. The van der Waals surface area contributed by atoms with Gasteiger partial charge in [0.05, 0.1) is 0 Å². The second kappa shape index (κ2) is 8.34. The van der Waals surface area contributed by atoms with Crippen molar-refractivity contribution in [3.8, 4) is 0 Å².